The summed E-state index contributed by atoms with van der Waals surface area (Å²) in [7, 11) is 0. The van der Waals surface area contributed by atoms with Gasteiger partial charge in [0.2, 0.25) is 0 Å². The fraction of sp³-hybridized carbons (Fsp3) is 1.00. The molecule has 14 heavy (non-hydrogen) atoms. The molecule has 3 atom stereocenters. The Hall–Kier alpha value is -0.0800. The minimum atomic E-state index is 0.447. The third-order valence-electron chi connectivity index (χ3n) is 4.03. The Morgan fingerprint density at radius 1 is 1.36 bits per heavy atom. The van der Waals surface area contributed by atoms with Crippen molar-refractivity contribution in [2.75, 3.05) is 19.6 Å². The molecule has 1 saturated carbocycles. The van der Waals surface area contributed by atoms with Gasteiger partial charge in [0.15, 0.2) is 0 Å². The van der Waals surface area contributed by atoms with Crippen molar-refractivity contribution in [1.82, 2.24) is 4.90 Å². The SMILES string of the molecule is CC1CN(CC(C)C2CC2)CCC1N. The molecule has 0 spiro atoms. The number of hydrogen-bond donors (Lipinski definition) is 1. The van der Waals surface area contributed by atoms with Gasteiger partial charge in [-0.05, 0) is 43.6 Å². The smallest absolute Gasteiger partial charge is 0.00889 e. The molecule has 2 N–H and O–H groups in total. The number of nitrogens with zero attached hydrogens (tertiary/aromatic N) is 1. The van der Waals surface area contributed by atoms with Crippen molar-refractivity contribution >= 4 is 0 Å². The van der Waals surface area contributed by atoms with E-state index < -0.39 is 0 Å². The predicted molar refractivity (Wildman–Crippen MR) is 60.1 cm³/mol. The lowest BCUT2D eigenvalue weighted by atomic mass is 9.93. The van der Waals surface area contributed by atoms with Gasteiger partial charge in [0.1, 0.15) is 0 Å². The van der Waals surface area contributed by atoms with Crippen LogP contribution in [0.3, 0.4) is 0 Å². The maximum atomic E-state index is 6.02. The van der Waals surface area contributed by atoms with Crippen LogP contribution in [0, 0.1) is 17.8 Å². The highest BCUT2D eigenvalue weighted by atomic mass is 15.1. The second-order valence-electron chi connectivity index (χ2n) is 5.50. The Morgan fingerprint density at radius 2 is 2.07 bits per heavy atom. The van der Waals surface area contributed by atoms with Gasteiger partial charge < -0.3 is 10.6 Å². The molecule has 3 unspecified atom stereocenters. The maximum absolute atomic E-state index is 6.02. The van der Waals surface area contributed by atoms with Crippen LogP contribution in [0.25, 0.3) is 0 Å². The van der Waals surface area contributed by atoms with E-state index >= 15 is 0 Å². The zero-order chi connectivity index (χ0) is 10.1. The van der Waals surface area contributed by atoms with Gasteiger partial charge in [0, 0.05) is 19.1 Å². The average Bonchev–Trinajstić information content (AvgIpc) is 2.94. The van der Waals surface area contributed by atoms with Gasteiger partial charge in [-0.25, -0.2) is 0 Å². The Bertz CT molecular complexity index is 189. The molecule has 2 rings (SSSR count). The number of hydrogen-bond acceptors (Lipinski definition) is 2. The molecule has 1 saturated heterocycles. The van der Waals surface area contributed by atoms with E-state index in [2.05, 4.69) is 18.7 Å². The summed E-state index contributed by atoms with van der Waals surface area (Å²) in [5, 5.41) is 0. The summed E-state index contributed by atoms with van der Waals surface area (Å²) in [6.45, 7) is 8.46. The third kappa shape index (κ3) is 2.48. The minimum Gasteiger partial charge on any atom is -0.327 e. The molecule has 2 nitrogen and oxygen atoms in total. The molecule has 0 aromatic rings. The summed E-state index contributed by atoms with van der Waals surface area (Å²) < 4.78 is 0. The number of likely N-dealkylation sites (tertiary alicyclic amines) is 1. The van der Waals surface area contributed by atoms with Crippen molar-refractivity contribution < 1.29 is 0 Å². The minimum absolute atomic E-state index is 0.447. The summed E-state index contributed by atoms with van der Waals surface area (Å²) >= 11 is 0. The summed E-state index contributed by atoms with van der Waals surface area (Å²) in [5.74, 6) is 2.65. The second-order valence-corrected chi connectivity index (χ2v) is 5.50. The number of nitrogens with two attached hydrogens (primary N) is 1. The zero-order valence-electron chi connectivity index (χ0n) is 9.58. The van der Waals surface area contributed by atoms with Crippen LogP contribution in [0.4, 0.5) is 0 Å². The van der Waals surface area contributed by atoms with E-state index in [0.717, 1.165) is 11.8 Å². The summed E-state index contributed by atoms with van der Waals surface area (Å²) in [6.07, 6.45) is 4.15. The lowest BCUT2D eigenvalue weighted by Crippen LogP contribution is -2.47. The van der Waals surface area contributed by atoms with Crippen LogP contribution < -0.4 is 5.73 Å². The van der Waals surface area contributed by atoms with Gasteiger partial charge in [-0.1, -0.05) is 13.8 Å². The van der Waals surface area contributed by atoms with E-state index in [1.807, 2.05) is 0 Å². The number of rotatable bonds is 3. The first-order chi connectivity index (χ1) is 6.66. The van der Waals surface area contributed by atoms with Gasteiger partial charge in [-0.3, -0.25) is 0 Å². The molecule has 1 heterocycles. The van der Waals surface area contributed by atoms with Crippen LogP contribution in [0.5, 0.6) is 0 Å². The first-order valence-electron chi connectivity index (χ1n) is 6.14. The molecular weight excluding hydrogens is 172 g/mol. The van der Waals surface area contributed by atoms with Gasteiger partial charge in [0.25, 0.3) is 0 Å². The quantitative estimate of drug-likeness (QED) is 0.744. The van der Waals surface area contributed by atoms with E-state index in [-0.39, 0.29) is 0 Å². The van der Waals surface area contributed by atoms with Gasteiger partial charge in [-0.15, -0.1) is 0 Å². The Balaban J connectivity index is 1.75. The normalized spacial score (nSPS) is 37.1. The van der Waals surface area contributed by atoms with Crippen LogP contribution in [-0.2, 0) is 0 Å². The highest BCUT2D eigenvalue weighted by Gasteiger charge is 2.31. The monoisotopic (exact) mass is 196 g/mol. The first kappa shape index (κ1) is 10.4. The van der Waals surface area contributed by atoms with Crippen LogP contribution >= 0.6 is 0 Å². The predicted octanol–water partition coefficient (Wildman–Crippen LogP) is 1.70. The van der Waals surface area contributed by atoms with E-state index in [4.69, 9.17) is 5.73 Å². The van der Waals surface area contributed by atoms with E-state index in [1.54, 1.807) is 0 Å². The largest absolute Gasteiger partial charge is 0.327 e. The van der Waals surface area contributed by atoms with E-state index in [9.17, 15) is 0 Å². The van der Waals surface area contributed by atoms with Crippen molar-refractivity contribution in [2.45, 2.75) is 39.2 Å². The molecule has 0 amide bonds. The zero-order valence-corrected chi connectivity index (χ0v) is 9.58. The van der Waals surface area contributed by atoms with Crippen LogP contribution in [-0.4, -0.2) is 30.6 Å². The van der Waals surface area contributed by atoms with Gasteiger partial charge >= 0.3 is 0 Å². The summed E-state index contributed by atoms with van der Waals surface area (Å²) in [6, 6.07) is 0.447. The fourth-order valence-electron chi connectivity index (χ4n) is 2.64. The highest BCUT2D eigenvalue weighted by Crippen LogP contribution is 2.37. The lowest BCUT2D eigenvalue weighted by Gasteiger charge is -2.36. The molecule has 82 valence electrons. The Kier molecular flexibility index (Phi) is 3.13. The van der Waals surface area contributed by atoms with E-state index in [1.165, 1.54) is 38.9 Å². The molecule has 0 radical (unpaired) electrons. The third-order valence-corrected chi connectivity index (χ3v) is 4.03. The molecule has 2 fully saturated rings. The van der Waals surface area contributed by atoms with Crippen molar-refractivity contribution in [1.29, 1.82) is 0 Å². The molecule has 0 bridgehead atoms. The van der Waals surface area contributed by atoms with Crippen molar-refractivity contribution in [2.24, 2.45) is 23.5 Å². The van der Waals surface area contributed by atoms with E-state index in [0.29, 0.717) is 12.0 Å². The first-order valence-corrected chi connectivity index (χ1v) is 6.14. The van der Waals surface area contributed by atoms with Crippen LogP contribution in [0.2, 0.25) is 0 Å². The molecule has 0 aromatic heterocycles. The van der Waals surface area contributed by atoms with Gasteiger partial charge in [-0.2, -0.15) is 0 Å². The Morgan fingerprint density at radius 3 is 2.64 bits per heavy atom. The molecule has 1 aliphatic heterocycles. The molecule has 1 aliphatic carbocycles. The lowest BCUT2D eigenvalue weighted by molar-refractivity contribution is 0.141. The molecule has 2 aliphatic rings. The standard InChI is InChI=1S/C12H24N2/c1-9(11-3-4-11)7-14-6-5-12(13)10(2)8-14/h9-12H,3-8,13H2,1-2H3. The average molecular weight is 196 g/mol. The van der Waals surface area contributed by atoms with Crippen LogP contribution in [0.1, 0.15) is 33.1 Å². The van der Waals surface area contributed by atoms with Gasteiger partial charge in [0.05, 0.1) is 0 Å². The van der Waals surface area contributed by atoms with Crippen molar-refractivity contribution in [3.63, 3.8) is 0 Å². The topological polar surface area (TPSA) is 29.3 Å². The maximum Gasteiger partial charge on any atom is 0.00889 e. The molecular formula is C12H24N2. The molecule has 0 aromatic carbocycles. The summed E-state index contributed by atoms with van der Waals surface area (Å²) in [5.41, 5.74) is 6.02. The summed E-state index contributed by atoms with van der Waals surface area (Å²) in [4.78, 5) is 2.62. The highest BCUT2D eigenvalue weighted by molar-refractivity contribution is 4.84. The van der Waals surface area contributed by atoms with Crippen molar-refractivity contribution in [3.05, 3.63) is 0 Å². The number of piperidine rings is 1. The van der Waals surface area contributed by atoms with Crippen LogP contribution in [0.15, 0.2) is 0 Å². The fourth-order valence-corrected chi connectivity index (χ4v) is 2.64. The Labute approximate surface area is 87.8 Å². The van der Waals surface area contributed by atoms with Crippen molar-refractivity contribution in [3.8, 4) is 0 Å². The molecule has 2 heteroatoms. The second kappa shape index (κ2) is 4.19.